The Balaban J connectivity index is 2.47. The summed E-state index contributed by atoms with van der Waals surface area (Å²) >= 11 is 0. The van der Waals surface area contributed by atoms with Crippen LogP contribution in [0.15, 0.2) is 48.6 Å². The monoisotopic (exact) mass is 284 g/mol. The molecule has 1 aliphatic rings. The summed E-state index contributed by atoms with van der Waals surface area (Å²) in [6.45, 7) is 0. The molecule has 2 atom stereocenters. The van der Waals surface area contributed by atoms with E-state index in [1.807, 2.05) is 0 Å². The largest absolute Gasteiger partial charge is 0.481 e. The number of halogens is 3. The van der Waals surface area contributed by atoms with Gasteiger partial charge in [-0.25, -0.2) is 0 Å². The number of alkyl halides is 3. The number of benzene rings is 1. The summed E-state index contributed by atoms with van der Waals surface area (Å²) < 4.78 is 38.6. The van der Waals surface area contributed by atoms with Gasteiger partial charge in [0, 0.05) is 0 Å². The van der Waals surface area contributed by atoms with E-state index in [-0.39, 0.29) is 0 Å². The summed E-state index contributed by atoms with van der Waals surface area (Å²) in [5.74, 6) is -3.81. The summed E-state index contributed by atoms with van der Waals surface area (Å²) in [6, 6.07) is 8.39. The Kier molecular flexibility index (Phi) is 3.43. The van der Waals surface area contributed by atoms with Crippen molar-refractivity contribution < 1.29 is 28.2 Å². The molecule has 0 radical (unpaired) electrons. The number of carboxylic acids is 1. The van der Waals surface area contributed by atoms with Crippen LogP contribution in [0.2, 0.25) is 0 Å². The lowest BCUT2D eigenvalue weighted by Gasteiger charge is -2.34. The first-order chi connectivity index (χ1) is 9.25. The molecule has 0 saturated carbocycles. The normalized spacial score (nSPS) is 26.2. The molecule has 0 aromatic heterocycles. The molecule has 0 saturated heterocycles. The minimum Gasteiger partial charge on any atom is -0.481 e. The zero-order valence-corrected chi connectivity index (χ0v) is 10.1. The van der Waals surface area contributed by atoms with Crippen LogP contribution in [0.4, 0.5) is 13.2 Å². The molecule has 0 aliphatic heterocycles. The third kappa shape index (κ3) is 2.34. The van der Waals surface area contributed by atoms with Crippen LogP contribution in [0.3, 0.4) is 0 Å². The highest BCUT2D eigenvalue weighted by molar-refractivity contribution is 5.84. The Morgan fingerprint density at radius 2 is 1.80 bits per heavy atom. The van der Waals surface area contributed by atoms with Crippen molar-refractivity contribution in [3.05, 3.63) is 54.1 Å². The highest BCUT2D eigenvalue weighted by atomic mass is 19.4. The van der Waals surface area contributed by atoms with Gasteiger partial charge in [0.15, 0.2) is 5.60 Å². The maximum atomic E-state index is 12.9. The van der Waals surface area contributed by atoms with Crippen molar-refractivity contribution in [1.82, 2.24) is 0 Å². The SMILES string of the molecule is O=C(O)C1C=C(c2ccccc2)C=CC1(O)C(F)(F)F. The number of hydrogen-bond donors (Lipinski definition) is 2. The molecule has 2 rings (SSSR count). The minimum atomic E-state index is -5.06. The van der Waals surface area contributed by atoms with Gasteiger partial charge in [-0.2, -0.15) is 13.2 Å². The van der Waals surface area contributed by atoms with Crippen molar-refractivity contribution >= 4 is 11.5 Å². The van der Waals surface area contributed by atoms with Gasteiger partial charge in [0.25, 0.3) is 0 Å². The predicted octanol–water partition coefficient (Wildman–Crippen LogP) is 2.63. The fraction of sp³-hybridized carbons (Fsp3) is 0.214. The van der Waals surface area contributed by atoms with E-state index in [0.29, 0.717) is 17.2 Å². The molecule has 20 heavy (non-hydrogen) atoms. The molecular formula is C14H11F3O3. The third-order valence-electron chi connectivity index (χ3n) is 3.16. The third-order valence-corrected chi connectivity index (χ3v) is 3.16. The van der Waals surface area contributed by atoms with Crippen LogP contribution in [0.25, 0.3) is 5.57 Å². The first-order valence-corrected chi connectivity index (χ1v) is 5.74. The lowest BCUT2D eigenvalue weighted by molar-refractivity contribution is -0.253. The van der Waals surface area contributed by atoms with Crippen LogP contribution in [0, 0.1) is 5.92 Å². The van der Waals surface area contributed by atoms with Crippen molar-refractivity contribution in [1.29, 1.82) is 0 Å². The van der Waals surface area contributed by atoms with Crippen molar-refractivity contribution in [2.24, 2.45) is 5.92 Å². The highest BCUT2D eigenvalue weighted by Gasteiger charge is 2.59. The van der Waals surface area contributed by atoms with Crippen LogP contribution < -0.4 is 0 Å². The van der Waals surface area contributed by atoms with E-state index in [1.165, 1.54) is 0 Å². The van der Waals surface area contributed by atoms with Crippen molar-refractivity contribution in [3.63, 3.8) is 0 Å². The van der Waals surface area contributed by atoms with E-state index in [4.69, 9.17) is 5.11 Å². The summed E-state index contributed by atoms with van der Waals surface area (Å²) in [5.41, 5.74) is -2.48. The van der Waals surface area contributed by atoms with E-state index < -0.39 is 23.7 Å². The summed E-state index contributed by atoms with van der Waals surface area (Å²) in [4.78, 5) is 11.1. The highest BCUT2D eigenvalue weighted by Crippen LogP contribution is 2.42. The maximum absolute atomic E-state index is 12.9. The predicted molar refractivity (Wildman–Crippen MR) is 65.7 cm³/mol. The van der Waals surface area contributed by atoms with E-state index in [0.717, 1.165) is 12.2 Å². The Bertz CT molecular complexity index is 575. The van der Waals surface area contributed by atoms with Gasteiger partial charge in [-0.3, -0.25) is 4.79 Å². The number of allylic oxidation sites excluding steroid dienone is 2. The molecule has 0 heterocycles. The van der Waals surface area contributed by atoms with Crippen LogP contribution in [-0.2, 0) is 4.79 Å². The first kappa shape index (κ1) is 14.3. The van der Waals surface area contributed by atoms with Crippen LogP contribution in [-0.4, -0.2) is 28.0 Å². The average molecular weight is 284 g/mol. The summed E-state index contributed by atoms with van der Waals surface area (Å²) in [7, 11) is 0. The number of aliphatic carboxylic acids is 1. The standard InChI is InChI=1S/C14H11F3O3/c15-14(16,17)13(20)7-6-10(8-11(13)12(18)19)9-4-2-1-3-5-9/h1-8,11,20H,(H,18,19). The van der Waals surface area contributed by atoms with Gasteiger partial charge >= 0.3 is 12.1 Å². The Morgan fingerprint density at radius 3 is 2.30 bits per heavy atom. The Labute approximate surface area is 112 Å². The molecule has 3 nitrogen and oxygen atoms in total. The molecule has 0 fully saturated rings. The molecule has 2 unspecified atom stereocenters. The average Bonchev–Trinajstić information content (AvgIpc) is 2.38. The lowest BCUT2D eigenvalue weighted by Crippen LogP contribution is -2.52. The van der Waals surface area contributed by atoms with Gasteiger partial charge in [0.2, 0.25) is 0 Å². The molecule has 2 N–H and O–H groups in total. The van der Waals surface area contributed by atoms with Gasteiger partial charge in [0.1, 0.15) is 5.92 Å². The summed E-state index contributed by atoms with van der Waals surface area (Å²) in [6.07, 6.45) is -2.56. The number of carboxylic acid groups (broad SMARTS) is 1. The fourth-order valence-electron chi connectivity index (χ4n) is 2.04. The second kappa shape index (κ2) is 4.79. The smallest absolute Gasteiger partial charge is 0.422 e. The van der Waals surface area contributed by atoms with Crippen molar-refractivity contribution in [3.8, 4) is 0 Å². The second-order valence-electron chi connectivity index (χ2n) is 4.46. The van der Waals surface area contributed by atoms with Gasteiger partial charge < -0.3 is 10.2 Å². The van der Waals surface area contributed by atoms with E-state index in [9.17, 15) is 23.1 Å². The minimum absolute atomic E-state index is 0.326. The number of hydrogen-bond acceptors (Lipinski definition) is 2. The number of rotatable bonds is 2. The summed E-state index contributed by atoms with van der Waals surface area (Å²) in [5, 5.41) is 18.6. The molecule has 106 valence electrons. The van der Waals surface area contributed by atoms with E-state index in [1.54, 1.807) is 30.3 Å². The Hall–Kier alpha value is -2.08. The van der Waals surface area contributed by atoms with Gasteiger partial charge in [-0.1, -0.05) is 42.5 Å². The lowest BCUT2D eigenvalue weighted by atomic mass is 9.79. The maximum Gasteiger partial charge on any atom is 0.422 e. The van der Waals surface area contributed by atoms with E-state index >= 15 is 0 Å². The van der Waals surface area contributed by atoms with Gasteiger partial charge in [-0.15, -0.1) is 0 Å². The Morgan fingerprint density at radius 1 is 1.20 bits per heavy atom. The van der Waals surface area contributed by atoms with Crippen LogP contribution in [0.5, 0.6) is 0 Å². The van der Waals surface area contributed by atoms with Crippen LogP contribution >= 0.6 is 0 Å². The first-order valence-electron chi connectivity index (χ1n) is 5.74. The molecule has 0 spiro atoms. The zero-order valence-electron chi connectivity index (χ0n) is 10.1. The quantitative estimate of drug-likeness (QED) is 0.877. The molecular weight excluding hydrogens is 273 g/mol. The number of aliphatic hydroxyl groups is 1. The van der Waals surface area contributed by atoms with E-state index in [2.05, 4.69) is 0 Å². The number of carbonyl (C=O) groups is 1. The molecule has 6 heteroatoms. The van der Waals surface area contributed by atoms with Crippen LogP contribution in [0.1, 0.15) is 5.56 Å². The zero-order chi connectivity index (χ0) is 15.0. The molecule has 0 bridgehead atoms. The van der Waals surface area contributed by atoms with Gasteiger partial charge in [0.05, 0.1) is 0 Å². The molecule has 0 amide bonds. The van der Waals surface area contributed by atoms with Crippen molar-refractivity contribution in [2.75, 3.05) is 0 Å². The molecule has 1 aromatic carbocycles. The second-order valence-corrected chi connectivity index (χ2v) is 4.46. The van der Waals surface area contributed by atoms with Gasteiger partial charge in [-0.05, 0) is 17.2 Å². The molecule has 1 aromatic rings. The topological polar surface area (TPSA) is 57.5 Å². The molecule has 1 aliphatic carbocycles. The van der Waals surface area contributed by atoms with Crippen molar-refractivity contribution in [2.45, 2.75) is 11.8 Å². The fourth-order valence-corrected chi connectivity index (χ4v) is 2.04.